The number of aromatic nitrogens is 2. The summed E-state index contributed by atoms with van der Waals surface area (Å²) in [6.45, 7) is 3.51. The molecule has 162 valence electrons. The maximum Gasteiger partial charge on any atom is 0.420 e. The lowest BCUT2D eigenvalue weighted by atomic mass is 10.3. The summed E-state index contributed by atoms with van der Waals surface area (Å²) < 4.78 is 13.1. The van der Waals surface area contributed by atoms with Gasteiger partial charge in [0.25, 0.3) is 0 Å². The highest BCUT2D eigenvalue weighted by Gasteiger charge is 2.22. The summed E-state index contributed by atoms with van der Waals surface area (Å²) in [5.41, 5.74) is 1.86. The van der Waals surface area contributed by atoms with Crippen molar-refractivity contribution < 1.29 is 13.9 Å². The maximum absolute atomic E-state index is 13.3. The topological polar surface area (TPSA) is 80.8 Å². The molecule has 0 fully saturated rings. The molecule has 4 rings (SSSR count). The highest BCUT2D eigenvalue weighted by atomic mass is 32.1. The first-order chi connectivity index (χ1) is 15.0. The molecule has 2 heterocycles. The molecule has 2 aromatic heterocycles. The number of nitrogens with zero attached hydrogens (tertiary/aromatic N) is 4. The lowest BCUT2D eigenvalue weighted by molar-refractivity contribution is -0.119. The minimum atomic E-state index is -0.548. The van der Waals surface area contributed by atoms with E-state index in [0.717, 1.165) is 16.0 Å². The quantitative estimate of drug-likeness (QED) is 0.419. The first-order valence-electron chi connectivity index (χ1n) is 10.0. The zero-order valence-corrected chi connectivity index (χ0v) is 18.5. The average Bonchev–Trinajstić information content (AvgIpc) is 3.29. The van der Waals surface area contributed by atoms with E-state index in [4.69, 9.17) is 9.15 Å². The molecule has 4 aromatic rings. The molecule has 0 saturated heterocycles. The number of rotatable bonds is 8. The molecular weight excluding hydrogens is 416 g/mol. The van der Waals surface area contributed by atoms with Crippen LogP contribution in [0.3, 0.4) is 0 Å². The molecule has 2 aromatic carbocycles. The lowest BCUT2D eigenvalue weighted by Gasteiger charge is -2.22. The van der Waals surface area contributed by atoms with Gasteiger partial charge >= 0.3 is 5.76 Å². The fourth-order valence-corrected chi connectivity index (χ4v) is 4.31. The van der Waals surface area contributed by atoms with Crippen LogP contribution in [0.25, 0.3) is 21.3 Å². The van der Waals surface area contributed by atoms with Gasteiger partial charge in [0.15, 0.2) is 10.7 Å². The number of hydrogen-bond donors (Lipinski definition) is 0. The van der Waals surface area contributed by atoms with Gasteiger partial charge < -0.3 is 14.1 Å². The van der Waals surface area contributed by atoms with Crippen LogP contribution in [0.4, 0.5) is 5.13 Å². The van der Waals surface area contributed by atoms with Gasteiger partial charge in [-0.2, -0.15) is 0 Å². The molecule has 8 nitrogen and oxygen atoms in total. The van der Waals surface area contributed by atoms with E-state index in [1.807, 2.05) is 50.2 Å². The third-order valence-electron chi connectivity index (χ3n) is 4.83. The molecule has 9 heteroatoms. The molecule has 0 aliphatic heterocycles. The Morgan fingerprint density at radius 2 is 2.00 bits per heavy atom. The SMILES string of the molecule is CCOc1ccc2nc(N(CCN(C)C)C(=O)Cn3c(=O)oc4ccccc43)sc2c1. The molecule has 0 atom stereocenters. The lowest BCUT2D eigenvalue weighted by Crippen LogP contribution is -2.39. The molecule has 0 spiro atoms. The summed E-state index contributed by atoms with van der Waals surface area (Å²) >= 11 is 1.43. The van der Waals surface area contributed by atoms with Crippen molar-refractivity contribution in [3.63, 3.8) is 0 Å². The van der Waals surface area contributed by atoms with E-state index in [9.17, 15) is 9.59 Å². The summed E-state index contributed by atoms with van der Waals surface area (Å²) in [6.07, 6.45) is 0. The number of para-hydroxylation sites is 2. The number of thiazole rings is 1. The Hall–Kier alpha value is -3.17. The van der Waals surface area contributed by atoms with Gasteiger partial charge in [0, 0.05) is 13.1 Å². The number of carbonyl (C=O) groups excluding carboxylic acids is 1. The Morgan fingerprint density at radius 3 is 2.77 bits per heavy atom. The Balaban J connectivity index is 1.67. The highest BCUT2D eigenvalue weighted by Crippen LogP contribution is 2.31. The van der Waals surface area contributed by atoms with E-state index in [0.29, 0.717) is 35.9 Å². The molecule has 0 N–H and O–H groups in total. The minimum Gasteiger partial charge on any atom is -0.494 e. The minimum absolute atomic E-state index is 0.122. The Labute approximate surface area is 183 Å². The van der Waals surface area contributed by atoms with Crippen LogP contribution in [0.1, 0.15) is 6.92 Å². The summed E-state index contributed by atoms with van der Waals surface area (Å²) in [5, 5.41) is 0.594. The standard InChI is InChI=1S/C22H24N4O4S/c1-4-29-15-9-10-16-19(13-15)31-21(23-16)25(12-11-24(2)3)20(27)14-26-17-7-5-6-8-18(17)30-22(26)28/h5-10,13H,4,11-12,14H2,1-3H3. The number of anilines is 1. The predicted molar refractivity (Wildman–Crippen MR) is 122 cm³/mol. The van der Waals surface area contributed by atoms with Crippen molar-refractivity contribution in [1.82, 2.24) is 14.5 Å². The largest absolute Gasteiger partial charge is 0.494 e. The molecule has 0 aliphatic rings. The van der Waals surface area contributed by atoms with E-state index >= 15 is 0 Å². The van der Waals surface area contributed by atoms with Crippen LogP contribution in [0.15, 0.2) is 51.7 Å². The van der Waals surface area contributed by atoms with Gasteiger partial charge in [0.05, 0.1) is 22.3 Å². The summed E-state index contributed by atoms with van der Waals surface area (Å²) in [4.78, 5) is 33.9. The number of ether oxygens (including phenoxy) is 1. The molecule has 1 amide bonds. The number of hydrogen-bond acceptors (Lipinski definition) is 7. The van der Waals surface area contributed by atoms with E-state index in [-0.39, 0.29) is 12.5 Å². The van der Waals surface area contributed by atoms with Gasteiger partial charge in [-0.3, -0.25) is 14.3 Å². The monoisotopic (exact) mass is 440 g/mol. The molecule has 0 unspecified atom stereocenters. The van der Waals surface area contributed by atoms with E-state index < -0.39 is 5.76 Å². The van der Waals surface area contributed by atoms with Crippen LogP contribution in [0.5, 0.6) is 5.75 Å². The second-order valence-electron chi connectivity index (χ2n) is 7.33. The number of benzene rings is 2. The molecule has 31 heavy (non-hydrogen) atoms. The third kappa shape index (κ3) is 4.47. The van der Waals surface area contributed by atoms with Crippen molar-refractivity contribution >= 4 is 43.7 Å². The van der Waals surface area contributed by atoms with Gasteiger partial charge in [-0.25, -0.2) is 9.78 Å². The van der Waals surface area contributed by atoms with Gasteiger partial charge in [0.1, 0.15) is 12.3 Å². The molecule has 0 bridgehead atoms. The Kier molecular flexibility index (Phi) is 6.06. The normalized spacial score (nSPS) is 11.5. The number of amides is 1. The van der Waals surface area contributed by atoms with Crippen LogP contribution in [-0.4, -0.2) is 54.1 Å². The van der Waals surface area contributed by atoms with Gasteiger partial charge in [-0.15, -0.1) is 0 Å². The Morgan fingerprint density at radius 1 is 1.19 bits per heavy atom. The summed E-state index contributed by atoms with van der Waals surface area (Å²) in [6, 6.07) is 12.8. The van der Waals surface area contributed by atoms with Crippen LogP contribution in [0, 0.1) is 0 Å². The number of oxazole rings is 1. The zero-order chi connectivity index (χ0) is 22.0. The third-order valence-corrected chi connectivity index (χ3v) is 5.87. The second kappa shape index (κ2) is 8.91. The van der Waals surface area contributed by atoms with Crippen LogP contribution in [-0.2, 0) is 11.3 Å². The van der Waals surface area contributed by atoms with Crippen molar-refractivity contribution in [2.24, 2.45) is 0 Å². The second-order valence-corrected chi connectivity index (χ2v) is 8.34. The van der Waals surface area contributed by atoms with E-state index in [2.05, 4.69) is 4.98 Å². The van der Waals surface area contributed by atoms with Crippen molar-refractivity contribution in [3.8, 4) is 5.75 Å². The average molecular weight is 441 g/mol. The van der Waals surface area contributed by atoms with Crippen molar-refractivity contribution in [2.75, 3.05) is 38.7 Å². The smallest absolute Gasteiger partial charge is 0.420 e. The highest BCUT2D eigenvalue weighted by molar-refractivity contribution is 7.22. The zero-order valence-electron chi connectivity index (χ0n) is 17.7. The fraction of sp³-hybridized carbons (Fsp3) is 0.318. The Bertz CT molecular complexity index is 1270. The van der Waals surface area contributed by atoms with Gasteiger partial charge in [0.2, 0.25) is 5.91 Å². The van der Waals surface area contributed by atoms with Crippen LogP contribution in [0.2, 0.25) is 0 Å². The van der Waals surface area contributed by atoms with E-state index in [1.165, 1.54) is 15.9 Å². The van der Waals surface area contributed by atoms with Crippen molar-refractivity contribution in [1.29, 1.82) is 0 Å². The molecule has 0 aliphatic carbocycles. The summed E-state index contributed by atoms with van der Waals surface area (Å²) in [7, 11) is 3.90. The van der Waals surface area contributed by atoms with Crippen molar-refractivity contribution in [2.45, 2.75) is 13.5 Å². The van der Waals surface area contributed by atoms with Crippen molar-refractivity contribution in [3.05, 3.63) is 53.0 Å². The number of carbonyl (C=O) groups is 1. The van der Waals surface area contributed by atoms with Gasteiger partial charge in [-0.05, 0) is 51.4 Å². The molecule has 0 saturated carbocycles. The van der Waals surface area contributed by atoms with E-state index in [1.54, 1.807) is 23.1 Å². The first kappa shape index (κ1) is 21.1. The predicted octanol–water partition coefficient (Wildman–Crippen LogP) is 3.20. The maximum atomic E-state index is 13.3. The fourth-order valence-electron chi connectivity index (χ4n) is 3.28. The first-order valence-corrected chi connectivity index (χ1v) is 10.8. The van der Waals surface area contributed by atoms with Gasteiger partial charge in [-0.1, -0.05) is 23.5 Å². The molecular formula is C22H24N4O4S. The van der Waals surface area contributed by atoms with Crippen LogP contribution >= 0.6 is 11.3 Å². The summed E-state index contributed by atoms with van der Waals surface area (Å²) in [5.74, 6) is 0.000133. The number of likely N-dealkylation sites (N-methyl/N-ethyl adjacent to an activating group) is 1. The number of fused-ring (bicyclic) bond motifs is 2. The van der Waals surface area contributed by atoms with Crippen LogP contribution < -0.4 is 15.4 Å². The molecule has 0 radical (unpaired) electrons.